The summed E-state index contributed by atoms with van der Waals surface area (Å²) in [6.07, 6.45) is 0.958. The van der Waals surface area contributed by atoms with Gasteiger partial charge in [0.2, 0.25) is 0 Å². The molecule has 2 heterocycles. The second kappa shape index (κ2) is 7.59. The molecule has 1 fully saturated rings. The molecule has 2 N–H and O–H groups in total. The summed E-state index contributed by atoms with van der Waals surface area (Å²) in [6, 6.07) is 12.1. The molecule has 0 aliphatic carbocycles. The highest BCUT2D eigenvalue weighted by Gasteiger charge is 2.34. The fourth-order valence-corrected chi connectivity index (χ4v) is 5.25. The van der Waals surface area contributed by atoms with Crippen LogP contribution in [0.4, 0.5) is 4.39 Å². The summed E-state index contributed by atoms with van der Waals surface area (Å²) in [5, 5.41) is 0. The van der Waals surface area contributed by atoms with Gasteiger partial charge in [0.15, 0.2) is 0 Å². The van der Waals surface area contributed by atoms with Crippen LogP contribution in [-0.2, 0) is 6.42 Å². The summed E-state index contributed by atoms with van der Waals surface area (Å²) in [6.45, 7) is 7.45. The van der Waals surface area contributed by atoms with Crippen LogP contribution in [0.25, 0.3) is 0 Å². The van der Waals surface area contributed by atoms with Crippen molar-refractivity contribution in [2.75, 3.05) is 39.8 Å². The van der Waals surface area contributed by atoms with Crippen LogP contribution in [0, 0.1) is 5.82 Å². The van der Waals surface area contributed by atoms with Gasteiger partial charge in [-0.25, -0.2) is 4.39 Å². The number of fused-ring (bicyclic) bond motifs is 2. The fourth-order valence-electron chi connectivity index (χ4n) is 4.10. The van der Waals surface area contributed by atoms with Gasteiger partial charge in [0.05, 0.1) is 13.7 Å². The van der Waals surface area contributed by atoms with Crippen molar-refractivity contribution in [1.82, 2.24) is 0 Å². The minimum Gasteiger partial charge on any atom is -0.494 e. The first-order valence-electron chi connectivity index (χ1n) is 9.53. The van der Waals surface area contributed by atoms with Gasteiger partial charge in [-0.2, -0.15) is 0 Å². The van der Waals surface area contributed by atoms with Crippen LogP contribution in [0.3, 0.4) is 0 Å². The molecule has 4 rings (SSSR count). The maximum absolute atomic E-state index is 13.8. The van der Waals surface area contributed by atoms with Crippen LogP contribution in [0.2, 0.25) is 0 Å². The summed E-state index contributed by atoms with van der Waals surface area (Å²) >= 11 is 1.70. The Kier molecular flexibility index (Phi) is 5.20. The zero-order chi connectivity index (χ0) is 18.1. The van der Waals surface area contributed by atoms with Gasteiger partial charge in [0, 0.05) is 21.8 Å². The first kappa shape index (κ1) is 17.8. The lowest BCUT2D eigenvalue weighted by Crippen LogP contribution is -3.27. The molecule has 1 saturated heterocycles. The second-order valence-corrected chi connectivity index (χ2v) is 8.44. The highest BCUT2D eigenvalue weighted by molar-refractivity contribution is 7.99. The van der Waals surface area contributed by atoms with E-state index >= 15 is 0 Å². The predicted molar refractivity (Wildman–Crippen MR) is 102 cm³/mol. The van der Waals surface area contributed by atoms with Crippen molar-refractivity contribution in [3.63, 3.8) is 0 Å². The van der Waals surface area contributed by atoms with E-state index in [9.17, 15) is 4.39 Å². The second-order valence-electron chi connectivity index (χ2n) is 7.36. The lowest BCUT2D eigenvalue weighted by molar-refractivity contribution is -1.02. The quantitative estimate of drug-likeness (QED) is 0.846. The third kappa shape index (κ3) is 3.61. The molecule has 0 aromatic heterocycles. The molecule has 26 heavy (non-hydrogen) atoms. The van der Waals surface area contributed by atoms with Crippen LogP contribution in [-0.4, -0.2) is 39.8 Å². The highest BCUT2D eigenvalue weighted by Crippen LogP contribution is 2.41. The monoisotopic (exact) mass is 374 g/mol. The minimum absolute atomic E-state index is 0.155. The van der Waals surface area contributed by atoms with Gasteiger partial charge < -0.3 is 14.5 Å². The Morgan fingerprint density at radius 2 is 1.88 bits per heavy atom. The largest absolute Gasteiger partial charge is 0.494 e. The van der Waals surface area contributed by atoms with E-state index in [0.717, 1.165) is 17.1 Å². The predicted octanol–water partition coefficient (Wildman–Crippen LogP) is 1.39. The maximum atomic E-state index is 13.8. The Bertz CT molecular complexity index is 790. The van der Waals surface area contributed by atoms with E-state index in [2.05, 4.69) is 19.2 Å². The van der Waals surface area contributed by atoms with E-state index in [4.69, 9.17) is 4.74 Å². The highest BCUT2D eigenvalue weighted by atomic mass is 32.2. The Hall–Kier alpha value is -1.56. The minimum atomic E-state index is -0.155. The molecule has 0 unspecified atom stereocenters. The number of ether oxygens (including phenoxy) is 1. The van der Waals surface area contributed by atoms with Gasteiger partial charge in [-0.3, -0.25) is 0 Å². The third-order valence-electron chi connectivity index (χ3n) is 5.58. The number of benzene rings is 2. The molecule has 2 aromatic carbocycles. The van der Waals surface area contributed by atoms with E-state index in [1.54, 1.807) is 33.7 Å². The molecular formula is C21H27FN2OS+2. The van der Waals surface area contributed by atoms with Gasteiger partial charge >= 0.3 is 0 Å². The molecular weight excluding hydrogens is 347 g/mol. The molecule has 0 saturated carbocycles. The Morgan fingerprint density at radius 3 is 2.65 bits per heavy atom. The number of rotatable bonds is 3. The zero-order valence-electron chi connectivity index (χ0n) is 15.5. The summed E-state index contributed by atoms with van der Waals surface area (Å²) < 4.78 is 19.6. The van der Waals surface area contributed by atoms with Gasteiger partial charge in [0.25, 0.3) is 0 Å². The first-order chi connectivity index (χ1) is 12.6. The number of piperazine rings is 1. The smallest absolute Gasteiger partial charge is 0.127 e. The Morgan fingerprint density at radius 1 is 1.08 bits per heavy atom. The molecule has 2 aromatic rings. The number of hydrogen-bond acceptors (Lipinski definition) is 2. The summed E-state index contributed by atoms with van der Waals surface area (Å²) in [5.74, 6) is 0.783. The summed E-state index contributed by atoms with van der Waals surface area (Å²) in [5.41, 5.74) is 2.61. The van der Waals surface area contributed by atoms with Crippen LogP contribution >= 0.6 is 11.8 Å². The SMILES string of the molecule is CCOc1ccc2c(c1)[C@H]([NH+]1CC[NH+](C)CC1)Cc1ccc(F)cc1S2. The molecule has 2 aliphatic heterocycles. The van der Waals surface area contributed by atoms with Crippen LogP contribution in [0.5, 0.6) is 5.75 Å². The summed E-state index contributed by atoms with van der Waals surface area (Å²) in [4.78, 5) is 5.55. The average Bonchev–Trinajstić information content (AvgIpc) is 2.79. The molecule has 1 atom stereocenters. The molecule has 0 amide bonds. The van der Waals surface area contributed by atoms with Gasteiger partial charge in [-0.1, -0.05) is 17.8 Å². The Balaban J connectivity index is 1.75. The number of quaternary nitrogens is 2. The van der Waals surface area contributed by atoms with Crippen LogP contribution in [0.15, 0.2) is 46.2 Å². The van der Waals surface area contributed by atoms with Gasteiger partial charge in [-0.15, -0.1) is 0 Å². The van der Waals surface area contributed by atoms with Crippen LogP contribution < -0.4 is 14.5 Å². The van der Waals surface area contributed by atoms with E-state index in [1.807, 2.05) is 19.1 Å². The van der Waals surface area contributed by atoms with Crippen LogP contribution in [0.1, 0.15) is 24.1 Å². The molecule has 138 valence electrons. The van der Waals surface area contributed by atoms with Crippen molar-refractivity contribution < 1.29 is 18.9 Å². The van der Waals surface area contributed by atoms with E-state index < -0.39 is 0 Å². The number of halogens is 1. The van der Waals surface area contributed by atoms with Crippen molar-refractivity contribution in [3.8, 4) is 5.75 Å². The number of hydrogen-bond donors (Lipinski definition) is 2. The standard InChI is InChI=1S/C21H25FN2OS/c1-3-25-17-6-7-20-18(14-17)19(24-10-8-23(2)9-11-24)12-15-4-5-16(22)13-21(15)26-20/h4-7,13-14,19H,3,8-12H2,1-2H3/p+2/t19-/m1/s1. The van der Waals surface area contributed by atoms with E-state index in [0.29, 0.717) is 12.6 Å². The van der Waals surface area contributed by atoms with Crippen molar-refractivity contribution in [2.45, 2.75) is 29.2 Å². The van der Waals surface area contributed by atoms with Gasteiger partial charge in [0.1, 0.15) is 43.8 Å². The van der Waals surface area contributed by atoms with Gasteiger partial charge in [-0.05, 0) is 42.8 Å². The summed E-state index contributed by atoms with van der Waals surface area (Å²) in [7, 11) is 2.28. The maximum Gasteiger partial charge on any atom is 0.127 e. The van der Waals surface area contributed by atoms with Crippen molar-refractivity contribution >= 4 is 11.8 Å². The zero-order valence-corrected chi connectivity index (χ0v) is 16.3. The molecule has 0 radical (unpaired) electrons. The normalized spacial score (nSPS) is 25.1. The number of nitrogens with one attached hydrogen (secondary N) is 2. The Labute approximate surface area is 159 Å². The van der Waals surface area contributed by atoms with Crippen molar-refractivity contribution in [1.29, 1.82) is 0 Å². The molecule has 0 spiro atoms. The van der Waals surface area contributed by atoms with Crippen molar-refractivity contribution in [3.05, 3.63) is 53.3 Å². The lowest BCUT2D eigenvalue weighted by Gasteiger charge is -2.33. The lowest BCUT2D eigenvalue weighted by atomic mass is 9.96. The van der Waals surface area contributed by atoms with E-state index in [-0.39, 0.29) is 5.82 Å². The number of likely N-dealkylation sites (N-methyl/N-ethyl adjacent to an activating group) is 1. The topological polar surface area (TPSA) is 18.1 Å². The molecule has 0 bridgehead atoms. The first-order valence-corrected chi connectivity index (χ1v) is 10.3. The van der Waals surface area contributed by atoms with Crippen molar-refractivity contribution in [2.24, 2.45) is 0 Å². The third-order valence-corrected chi connectivity index (χ3v) is 6.77. The molecule has 2 aliphatic rings. The molecule has 3 nitrogen and oxygen atoms in total. The average molecular weight is 375 g/mol. The molecule has 5 heteroatoms. The fraction of sp³-hybridized carbons (Fsp3) is 0.429. The van der Waals surface area contributed by atoms with E-state index in [1.165, 1.54) is 42.2 Å².